The van der Waals surface area contributed by atoms with Crippen molar-refractivity contribution >= 4 is 11.6 Å². The number of aromatic nitrogens is 3. The molecule has 6 nitrogen and oxygen atoms in total. The lowest BCUT2D eigenvalue weighted by Crippen LogP contribution is -2.17. The Labute approximate surface area is 118 Å². The fraction of sp³-hybridized carbons (Fsp3) is 0.357. The summed E-state index contributed by atoms with van der Waals surface area (Å²) in [4.78, 5) is 12.0. The van der Waals surface area contributed by atoms with Crippen molar-refractivity contribution in [1.29, 1.82) is 0 Å². The number of nitrogens with one attached hydrogen (secondary N) is 1. The molecule has 1 aromatic carbocycles. The van der Waals surface area contributed by atoms with E-state index in [-0.39, 0.29) is 5.91 Å². The van der Waals surface area contributed by atoms with Crippen molar-refractivity contribution < 1.29 is 4.79 Å². The maximum atomic E-state index is 12.0. The number of para-hydroxylation sites is 2. The summed E-state index contributed by atoms with van der Waals surface area (Å²) in [5, 5.41) is 10.6. The monoisotopic (exact) mass is 273 g/mol. The first-order valence-corrected chi connectivity index (χ1v) is 6.66. The number of nitrogens with zero attached hydrogens (tertiary/aromatic N) is 3. The molecule has 1 unspecified atom stereocenters. The van der Waals surface area contributed by atoms with E-state index < -0.39 is 0 Å². The van der Waals surface area contributed by atoms with E-state index in [0.29, 0.717) is 18.9 Å². The van der Waals surface area contributed by atoms with Gasteiger partial charge < -0.3 is 11.1 Å². The highest BCUT2D eigenvalue weighted by Crippen LogP contribution is 2.19. The summed E-state index contributed by atoms with van der Waals surface area (Å²) in [6, 6.07) is 7.50. The second kappa shape index (κ2) is 6.81. The van der Waals surface area contributed by atoms with E-state index >= 15 is 0 Å². The summed E-state index contributed by atoms with van der Waals surface area (Å²) < 4.78 is 1.62. The summed E-state index contributed by atoms with van der Waals surface area (Å²) in [6.07, 6.45) is 4.58. The van der Waals surface area contributed by atoms with Crippen molar-refractivity contribution in [2.75, 3.05) is 11.9 Å². The molecule has 0 saturated heterocycles. The maximum Gasteiger partial charge on any atom is 0.224 e. The van der Waals surface area contributed by atoms with Gasteiger partial charge >= 0.3 is 0 Å². The predicted molar refractivity (Wildman–Crippen MR) is 77.4 cm³/mol. The van der Waals surface area contributed by atoms with E-state index in [1.807, 2.05) is 31.2 Å². The molecule has 2 aromatic rings. The Balaban J connectivity index is 2.04. The number of carbonyl (C=O) groups is 1. The molecule has 0 aliphatic heterocycles. The van der Waals surface area contributed by atoms with Gasteiger partial charge in [-0.3, -0.25) is 4.79 Å². The number of nitrogens with two attached hydrogens (primary N) is 1. The molecule has 0 spiro atoms. The van der Waals surface area contributed by atoms with Gasteiger partial charge in [0.1, 0.15) is 0 Å². The van der Waals surface area contributed by atoms with E-state index in [4.69, 9.17) is 5.73 Å². The maximum absolute atomic E-state index is 12.0. The average Bonchev–Trinajstić information content (AvgIpc) is 2.99. The van der Waals surface area contributed by atoms with Crippen LogP contribution in [-0.4, -0.2) is 27.4 Å². The molecule has 106 valence electrons. The molecular weight excluding hydrogens is 254 g/mol. The zero-order chi connectivity index (χ0) is 14.4. The quantitative estimate of drug-likeness (QED) is 0.836. The molecule has 0 bridgehead atoms. The van der Waals surface area contributed by atoms with Gasteiger partial charge in [0.2, 0.25) is 5.91 Å². The molecule has 0 saturated carbocycles. The second-order valence-electron chi connectivity index (χ2n) is 4.79. The number of rotatable bonds is 6. The number of benzene rings is 1. The highest BCUT2D eigenvalue weighted by molar-refractivity contribution is 5.92. The molecule has 20 heavy (non-hydrogen) atoms. The van der Waals surface area contributed by atoms with Gasteiger partial charge in [0.25, 0.3) is 0 Å². The standard InChI is InChI=1S/C14H19N5O/c1-11(10-15)6-7-14(20)17-12-4-2-3-5-13(12)19-9-8-16-18-19/h2-5,8-9,11H,6-7,10,15H2,1H3,(H,17,20). The molecule has 1 amide bonds. The minimum absolute atomic E-state index is 0.0159. The Kier molecular flexibility index (Phi) is 4.84. The Hall–Kier alpha value is -2.21. The van der Waals surface area contributed by atoms with Gasteiger partial charge in [-0.1, -0.05) is 24.3 Å². The number of amides is 1. The van der Waals surface area contributed by atoms with E-state index in [1.54, 1.807) is 17.1 Å². The molecule has 1 aromatic heterocycles. The van der Waals surface area contributed by atoms with Crippen molar-refractivity contribution in [3.05, 3.63) is 36.7 Å². The zero-order valence-corrected chi connectivity index (χ0v) is 11.5. The van der Waals surface area contributed by atoms with Crippen LogP contribution in [-0.2, 0) is 4.79 Å². The SMILES string of the molecule is CC(CN)CCC(=O)Nc1ccccc1-n1ccnn1. The lowest BCUT2D eigenvalue weighted by molar-refractivity contribution is -0.116. The van der Waals surface area contributed by atoms with Gasteiger partial charge in [0.05, 0.1) is 23.8 Å². The summed E-state index contributed by atoms with van der Waals surface area (Å²) in [6.45, 7) is 2.64. The van der Waals surface area contributed by atoms with E-state index in [2.05, 4.69) is 15.6 Å². The van der Waals surface area contributed by atoms with Crippen LogP contribution in [0.2, 0.25) is 0 Å². The summed E-state index contributed by atoms with van der Waals surface area (Å²) in [5.41, 5.74) is 7.07. The van der Waals surface area contributed by atoms with Crippen LogP contribution < -0.4 is 11.1 Å². The Morgan fingerprint density at radius 2 is 2.25 bits per heavy atom. The van der Waals surface area contributed by atoms with Crippen molar-refractivity contribution in [3.8, 4) is 5.69 Å². The third kappa shape index (κ3) is 3.64. The van der Waals surface area contributed by atoms with Crippen LogP contribution in [0.15, 0.2) is 36.7 Å². The third-order valence-corrected chi connectivity index (χ3v) is 3.11. The first-order chi connectivity index (χ1) is 9.70. The topological polar surface area (TPSA) is 85.8 Å². The number of hydrogen-bond donors (Lipinski definition) is 2. The van der Waals surface area contributed by atoms with Gasteiger partial charge in [-0.25, -0.2) is 4.68 Å². The molecule has 1 heterocycles. The van der Waals surface area contributed by atoms with E-state index in [9.17, 15) is 4.79 Å². The predicted octanol–water partition coefficient (Wildman–Crippen LogP) is 1.58. The van der Waals surface area contributed by atoms with Crippen molar-refractivity contribution in [2.24, 2.45) is 11.7 Å². The smallest absolute Gasteiger partial charge is 0.224 e. The van der Waals surface area contributed by atoms with Crippen LogP contribution in [0, 0.1) is 5.92 Å². The minimum atomic E-state index is -0.0159. The second-order valence-corrected chi connectivity index (χ2v) is 4.79. The van der Waals surface area contributed by atoms with Crippen LogP contribution in [0.25, 0.3) is 5.69 Å². The highest BCUT2D eigenvalue weighted by atomic mass is 16.1. The van der Waals surface area contributed by atoms with Gasteiger partial charge in [0.15, 0.2) is 0 Å². The molecule has 2 rings (SSSR count). The van der Waals surface area contributed by atoms with Gasteiger partial charge in [-0.15, -0.1) is 5.10 Å². The average molecular weight is 273 g/mol. The zero-order valence-electron chi connectivity index (χ0n) is 11.5. The van der Waals surface area contributed by atoms with Gasteiger partial charge in [0, 0.05) is 6.42 Å². The number of hydrogen-bond acceptors (Lipinski definition) is 4. The molecule has 6 heteroatoms. The summed E-state index contributed by atoms with van der Waals surface area (Å²) in [7, 11) is 0. The first kappa shape index (κ1) is 14.2. The van der Waals surface area contributed by atoms with Crippen molar-refractivity contribution in [3.63, 3.8) is 0 Å². The van der Waals surface area contributed by atoms with Crippen LogP contribution in [0.3, 0.4) is 0 Å². The van der Waals surface area contributed by atoms with Crippen molar-refractivity contribution in [2.45, 2.75) is 19.8 Å². The van der Waals surface area contributed by atoms with Crippen molar-refractivity contribution in [1.82, 2.24) is 15.0 Å². The molecular formula is C14H19N5O. The Morgan fingerprint density at radius 3 is 2.95 bits per heavy atom. The van der Waals surface area contributed by atoms with Crippen LogP contribution in [0.1, 0.15) is 19.8 Å². The lowest BCUT2D eigenvalue weighted by atomic mass is 10.1. The van der Waals surface area contributed by atoms with Crippen LogP contribution in [0.5, 0.6) is 0 Å². The van der Waals surface area contributed by atoms with E-state index in [0.717, 1.165) is 17.8 Å². The molecule has 0 radical (unpaired) electrons. The first-order valence-electron chi connectivity index (χ1n) is 6.66. The third-order valence-electron chi connectivity index (χ3n) is 3.11. The molecule has 3 N–H and O–H groups in total. The van der Waals surface area contributed by atoms with E-state index in [1.165, 1.54) is 0 Å². The van der Waals surface area contributed by atoms with Crippen LogP contribution >= 0.6 is 0 Å². The fourth-order valence-corrected chi connectivity index (χ4v) is 1.82. The number of anilines is 1. The normalized spacial score (nSPS) is 12.1. The lowest BCUT2D eigenvalue weighted by Gasteiger charge is -2.11. The fourth-order valence-electron chi connectivity index (χ4n) is 1.82. The Bertz CT molecular complexity index is 552. The largest absolute Gasteiger partial charge is 0.330 e. The molecule has 1 atom stereocenters. The Morgan fingerprint density at radius 1 is 1.45 bits per heavy atom. The molecule has 0 aliphatic carbocycles. The van der Waals surface area contributed by atoms with Gasteiger partial charge in [-0.2, -0.15) is 0 Å². The molecule has 0 aliphatic rings. The van der Waals surface area contributed by atoms with Gasteiger partial charge in [-0.05, 0) is 31.0 Å². The highest BCUT2D eigenvalue weighted by Gasteiger charge is 2.09. The molecule has 0 fully saturated rings. The summed E-state index contributed by atoms with van der Waals surface area (Å²) in [5.74, 6) is 0.337. The minimum Gasteiger partial charge on any atom is -0.330 e. The van der Waals surface area contributed by atoms with Crippen LogP contribution in [0.4, 0.5) is 5.69 Å². The number of carbonyl (C=O) groups excluding carboxylic acids is 1. The summed E-state index contributed by atoms with van der Waals surface area (Å²) >= 11 is 0.